The number of hydrogen-bond acceptors (Lipinski definition) is 4. The van der Waals surface area contributed by atoms with Crippen LogP contribution in [0.3, 0.4) is 0 Å². The Balaban J connectivity index is 1.58. The Hall–Kier alpha value is -2.95. The molecule has 0 fully saturated rings. The van der Waals surface area contributed by atoms with Gasteiger partial charge >= 0.3 is 0 Å². The summed E-state index contributed by atoms with van der Waals surface area (Å²) in [6.07, 6.45) is 0.580. The molecule has 128 valence electrons. The van der Waals surface area contributed by atoms with Gasteiger partial charge in [-0.3, -0.25) is 0 Å². The summed E-state index contributed by atoms with van der Waals surface area (Å²) in [6.45, 7) is 3.20. The molecule has 0 saturated heterocycles. The molecule has 2 N–H and O–H groups in total. The summed E-state index contributed by atoms with van der Waals surface area (Å²) in [5.74, 6) is 1.14. The molecule has 0 bridgehead atoms. The topological polar surface area (TPSA) is 49.8 Å². The first-order valence-corrected chi connectivity index (χ1v) is 8.31. The molecule has 0 atom stereocenters. The van der Waals surface area contributed by atoms with Crippen LogP contribution in [-0.2, 0) is 13.0 Å². The molecule has 3 aromatic rings. The van der Waals surface area contributed by atoms with E-state index in [-0.39, 0.29) is 5.82 Å². The van der Waals surface area contributed by atoms with Crippen LogP contribution in [0, 0.1) is 12.7 Å². The molecule has 1 aromatic heterocycles. The molecule has 0 saturated carbocycles. The highest BCUT2D eigenvalue weighted by molar-refractivity contribution is 5.42. The van der Waals surface area contributed by atoms with Gasteiger partial charge in [-0.2, -0.15) is 4.98 Å². The van der Waals surface area contributed by atoms with E-state index in [1.165, 1.54) is 11.6 Å². The smallest absolute Gasteiger partial charge is 0.224 e. The molecular formula is C20H21FN4. The van der Waals surface area contributed by atoms with Crippen molar-refractivity contribution in [3.63, 3.8) is 0 Å². The van der Waals surface area contributed by atoms with E-state index in [0.29, 0.717) is 31.0 Å². The zero-order valence-corrected chi connectivity index (χ0v) is 14.2. The van der Waals surface area contributed by atoms with Crippen molar-refractivity contribution in [2.45, 2.75) is 19.9 Å². The number of aryl methyl sites for hydroxylation is 1. The SMILES string of the molecule is Cc1cc(NCc2ccccc2)nc(NCCc2ccccc2F)n1. The highest BCUT2D eigenvalue weighted by Gasteiger charge is 2.04. The summed E-state index contributed by atoms with van der Waals surface area (Å²) in [5, 5.41) is 6.48. The number of nitrogens with one attached hydrogen (secondary N) is 2. The first kappa shape index (κ1) is 16.9. The van der Waals surface area contributed by atoms with E-state index < -0.39 is 0 Å². The molecule has 0 aliphatic carbocycles. The molecule has 0 unspecified atom stereocenters. The number of hydrogen-bond donors (Lipinski definition) is 2. The third kappa shape index (κ3) is 5.01. The van der Waals surface area contributed by atoms with E-state index in [9.17, 15) is 4.39 Å². The number of aromatic nitrogens is 2. The maximum Gasteiger partial charge on any atom is 0.224 e. The molecule has 0 aliphatic heterocycles. The molecule has 5 heteroatoms. The van der Waals surface area contributed by atoms with E-state index in [2.05, 4.69) is 32.7 Å². The van der Waals surface area contributed by atoms with Gasteiger partial charge in [-0.05, 0) is 30.5 Å². The molecule has 0 aliphatic rings. The highest BCUT2D eigenvalue weighted by Crippen LogP contribution is 2.12. The van der Waals surface area contributed by atoms with Gasteiger partial charge in [0.05, 0.1) is 0 Å². The maximum absolute atomic E-state index is 13.6. The second-order valence-electron chi connectivity index (χ2n) is 5.83. The van der Waals surface area contributed by atoms with Gasteiger partial charge in [0, 0.05) is 24.8 Å². The van der Waals surface area contributed by atoms with Crippen molar-refractivity contribution in [3.05, 3.63) is 83.3 Å². The minimum absolute atomic E-state index is 0.181. The van der Waals surface area contributed by atoms with Crippen LogP contribution in [0.2, 0.25) is 0 Å². The molecule has 0 radical (unpaired) electrons. The third-order valence-electron chi connectivity index (χ3n) is 3.81. The summed E-state index contributed by atoms with van der Waals surface area (Å²) in [5.41, 5.74) is 2.75. The van der Waals surface area contributed by atoms with Gasteiger partial charge in [0.1, 0.15) is 11.6 Å². The van der Waals surface area contributed by atoms with E-state index in [1.807, 2.05) is 37.3 Å². The van der Waals surface area contributed by atoms with Crippen LogP contribution < -0.4 is 10.6 Å². The van der Waals surface area contributed by atoms with Gasteiger partial charge in [-0.1, -0.05) is 48.5 Å². The van der Waals surface area contributed by atoms with Crippen LogP contribution in [0.15, 0.2) is 60.7 Å². The predicted molar refractivity (Wildman–Crippen MR) is 99.1 cm³/mol. The van der Waals surface area contributed by atoms with Crippen LogP contribution >= 0.6 is 0 Å². The lowest BCUT2D eigenvalue weighted by atomic mass is 10.1. The first-order chi connectivity index (χ1) is 12.2. The molecular weight excluding hydrogens is 315 g/mol. The van der Waals surface area contributed by atoms with E-state index in [0.717, 1.165) is 11.5 Å². The second-order valence-corrected chi connectivity index (χ2v) is 5.83. The summed E-state index contributed by atoms with van der Waals surface area (Å²) in [6, 6.07) is 18.9. The largest absolute Gasteiger partial charge is 0.366 e. The highest BCUT2D eigenvalue weighted by atomic mass is 19.1. The molecule has 2 aromatic carbocycles. The zero-order chi connectivity index (χ0) is 17.5. The minimum atomic E-state index is -0.181. The molecule has 4 nitrogen and oxygen atoms in total. The van der Waals surface area contributed by atoms with Crippen molar-refractivity contribution < 1.29 is 4.39 Å². The molecule has 0 spiro atoms. The summed E-state index contributed by atoms with van der Waals surface area (Å²) >= 11 is 0. The van der Waals surface area contributed by atoms with E-state index in [1.54, 1.807) is 12.1 Å². The quantitative estimate of drug-likeness (QED) is 0.679. The second kappa shape index (κ2) is 8.24. The average molecular weight is 336 g/mol. The Bertz CT molecular complexity index is 821. The van der Waals surface area contributed by atoms with Crippen molar-refractivity contribution >= 4 is 11.8 Å². The van der Waals surface area contributed by atoms with Crippen molar-refractivity contribution in [2.24, 2.45) is 0 Å². The Morgan fingerprint density at radius 1 is 0.920 bits per heavy atom. The summed E-state index contributed by atoms with van der Waals surface area (Å²) in [7, 11) is 0. The Labute approximate surface area is 147 Å². The number of anilines is 2. The fraction of sp³-hybridized carbons (Fsp3) is 0.200. The van der Waals surface area contributed by atoms with Gasteiger partial charge in [0.2, 0.25) is 5.95 Å². The monoisotopic (exact) mass is 336 g/mol. The van der Waals surface area contributed by atoms with Gasteiger partial charge in [0.25, 0.3) is 0 Å². The van der Waals surface area contributed by atoms with E-state index >= 15 is 0 Å². The van der Waals surface area contributed by atoms with Crippen molar-refractivity contribution in [1.29, 1.82) is 0 Å². The maximum atomic E-state index is 13.6. The minimum Gasteiger partial charge on any atom is -0.366 e. The fourth-order valence-electron chi connectivity index (χ4n) is 2.54. The lowest BCUT2D eigenvalue weighted by Gasteiger charge is -2.10. The Morgan fingerprint density at radius 3 is 2.48 bits per heavy atom. The van der Waals surface area contributed by atoms with Gasteiger partial charge in [-0.25, -0.2) is 9.37 Å². The van der Waals surface area contributed by atoms with Gasteiger partial charge < -0.3 is 10.6 Å². The number of halogens is 1. The van der Waals surface area contributed by atoms with Crippen LogP contribution in [0.4, 0.5) is 16.2 Å². The predicted octanol–water partition coefficient (Wildman–Crippen LogP) is 4.19. The lowest BCUT2D eigenvalue weighted by Crippen LogP contribution is -2.11. The van der Waals surface area contributed by atoms with Crippen LogP contribution in [0.25, 0.3) is 0 Å². The third-order valence-corrected chi connectivity index (χ3v) is 3.81. The van der Waals surface area contributed by atoms with Crippen LogP contribution in [-0.4, -0.2) is 16.5 Å². The summed E-state index contributed by atoms with van der Waals surface area (Å²) in [4.78, 5) is 8.86. The first-order valence-electron chi connectivity index (χ1n) is 8.31. The number of nitrogens with zero attached hydrogens (tertiary/aromatic N) is 2. The number of rotatable bonds is 7. The van der Waals surface area contributed by atoms with Crippen LogP contribution in [0.1, 0.15) is 16.8 Å². The Morgan fingerprint density at radius 2 is 1.68 bits per heavy atom. The number of benzene rings is 2. The molecule has 1 heterocycles. The van der Waals surface area contributed by atoms with E-state index in [4.69, 9.17) is 0 Å². The van der Waals surface area contributed by atoms with Crippen molar-refractivity contribution in [3.8, 4) is 0 Å². The van der Waals surface area contributed by atoms with Crippen molar-refractivity contribution in [1.82, 2.24) is 9.97 Å². The molecule has 0 amide bonds. The lowest BCUT2D eigenvalue weighted by molar-refractivity contribution is 0.610. The summed E-state index contributed by atoms with van der Waals surface area (Å²) < 4.78 is 13.6. The van der Waals surface area contributed by atoms with Crippen LogP contribution in [0.5, 0.6) is 0 Å². The average Bonchev–Trinajstić information content (AvgIpc) is 2.62. The molecule has 3 rings (SSSR count). The molecule has 25 heavy (non-hydrogen) atoms. The van der Waals surface area contributed by atoms with Gasteiger partial charge in [-0.15, -0.1) is 0 Å². The standard InChI is InChI=1S/C20H21FN4/c1-15-13-19(23-14-16-7-3-2-4-8-16)25-20(24-15)22-12-11-17-9-5-6-10-18(17)21/h2-10,13H,11-12,14H2,1H3,(H2,22,23,24,25). The van der Waals surface area contributed by atoms with Crippen molar-refractivity contribution in [2.75, 3.05) is 17.2 Å². The fourth-order valence-corrected chi connectivity index (χ4v) is 2.54. The van der Waals surface area contributed by atoms with Gasteiger partial charge in [0.15, 0.2) is 0 Å². The Kier molecular flexibility index (Phi) is 5.57. The zero-order valence-electron chi connectivity index (χ0n) is 14.2. The normalized spacial score (nSPS) is 10.5.